The van der Waals surface area contributed by atoms with E-state index in [4.69, 9.17) is 14.2 Å². The fourth-order valence-electron chi connectivity index (χ4n) is 2.10. The molecule has 0 fully saturated rings. The lowest BCUT2D eigenvalue weighted by molar-refractivity contribution is -0.154. The number of rotatable bonds is 8. The molecule has 0 heterocycles. The van der Waals surface area contributed by atoms with E-state index < -0.39 is 24.3 Å². The van der Waals surface area contributed by atoms with Crippen molar-refractivity contribution in [3.8, 4) is 16.9 Å². The zero-order chi connectivity index (χ0) is 19.6. The van der Waals surface area contributed by atoms with Crippen molar-refractivity contribution < 1.29 is 28.6 Å². The first-order chi connectivity index (χ1) is 13.0. The number of carbonyl (C=O) groups excluding carboxylic acids is 3. The molecule has 6 nitrogen and oxygen atoms in total. The van der Waals surface area contributed by atoms with Gasteiger partial charge in [0.15, 0.2) is 0 Å². The second-order valence-corrected chi connectivity index (χ2v) is 5.68. The molecule has 0 saturated heterocycles. The van der Waals surface area contributed by atoms with Crippen LogP contribution in [0.25, 0.3) is 11.1 Å². The topological polar surface area (TPSA) is 78.9 Å². The van der Waals surface area contributed by atoms with Gasteiger partial charge in [-0.3, -0.25) is 9.59 Å². The molecule has 0 spiro atoms. The van der Waals surface area contributed by atoms with Crippen LogP contribution in [-0.2, 0) is 23.9 Å². The first-order valence-electron chi connectivity index (χ1n) is 8.30. The Morgan fingerprint density at radius 1 is 0.815 bits per heavy atom. The monoisotopic (exact) mass is 368 g/mol. The van der Waals surface area contributed by atoms with E-state index in [1.54, 1.807) is 12.1 Å². The molecule has 0 aliphatic heterocycles. The maximum Gasteiger partial charge on any atom is 0.333 e. The molecule has 27 heavy (non-hydrogen) atoms. The fourth-order valence-corrected chi connectivity index (χ4v) is 2.10. The summed E-state index contributed by atoms with van der Waals surface area (Å²) in [5.74, 6) is -1.72. The molecule has 2 aromatic rings. The third-order valence-corrected chi connectivity index (χ3v) is 3.41. The molecule has 0 amide bonds. The van der Waals surface area contributed by atoms with E-state index in [1.807, 2.05) is 42.5 Å². The van der Waals surface area contributed by atoms with Crippen LogP contribution < -0.4 is 4.74 Å². The molecule has 2 rings (SSSR count). The molecule has 0 radical (unpaired) electrons. The fraction of sp³-hybridized carbons (Fsp3) is 0.190. The first kappa shape index (κ1) is 19.9. The van der Waals surface area contributed by atoms with Gasteiger partial charge >= 0.3 is 17.9 Å². The van der Waals surface area contributed by atoms with Crippen molar-refractivity contribution >= 4 is 17.9 Å². The van der Waals surface area contributed by atoms with Crippen LogP contribution in [0.4, 0.5) is 0 Å². The summed E-state index contributed by atoms with van der Waals surface area (Å²) >= 11 is 0. The van der Waals surface area contributed by atoms with Crippen LogP contribution >= 0.6 is 0 Å². The Bertz CT molecular complexity index is 808. The maximum absolute atomic E-state index is 11.8. The second kappa shape index (κ2) is 9.91. The predicted molar refractivity (Wildman–Crippen MR) is 98.9 cm³/mol. The molecule has 0 unspecified atom stereocenters. The highest BCUT2D eigenvalue weighted by molar-refractivity contribution is 5.92. The van der Waals surface area contributed by atoms with Crippen LogP contribution in [0.1, 0.15) is 13.3 Å². The van der Waals surface area contributed by atoms with E-state index in [0.29, 0.717) is 5.75 Å². The standard InChI is InChI=1S/C21H20O6/c1-15(2)21(24)26-13-12-25-19(22)14-20(23)27-18-10-8-17(9-11-18)16-6-4-3-5-7-16/h3-11H,1,12-14H2,2H3. The lowest BCUT2D eigenvalue weighted by Gasteiger charge is -2.07. The molecular formula is C21H20O6. The molecule has 6 heteroatoms. The smallest absolute Gasteiger partial charge is 0.333 e. The van der Waals surface area contributed by atoms with E-state index in [9.17, 15) is 14.4 Å². The molecule has 0 saturated carbocycles. The van der Waals surface area contributed by atoms with Crippen molar-refractivity contribution in [3.63, 3.8) is 0 Å². The van der Waals surface area contributed by atoms with Crippen molar-refractivity contribution in [1.82, 2.24) is 0 Å². The summed E-state index contributed by atoms with van der Waals surface area (Å²) in [6.07, 6.45) is -0.533. The van der Waals surface area contributed by atoms with Crippen LogP contribution in [0.15, 0.2) is 66.7 Å². The van der Waals surface area contributed by atoms with Crippen LogP contribution in [0.3, 0.4) is 0 Å². The normalized spacial score (nSPS) is 9.96. The van der Waals surface area contributed by atoms with E-state index >= 15 is 0 Å². The van der Waals surface area contributed by atoms with Gasteiger partial charge in [-0.05, 0) is 30.2 Å². The summed E-state index contributed by atoms with van der Waals surface area (Å²) in [4.78, 5) is 34.5. The third-order valence-electron chi connectivity index (χ3n) is 3.41. The average Bonchev–Trinajstić information content (AvgIpc) is 2.66. The summed E-state index contributed by atoms with van der Waals surface area (Å²) in [6, 6.07) is 16.7. The predicted octanol–water partition coefficient (Wildman–Crippen LogP) is 3.31. The van der Waals surface area contributed by atoms with Gasteiger partial charge in [0.1, 0.15) is 25.4 Å². The minimum atomic E-state index is -0.757. The summed E-state index contributed by atoms with van der Waals surface area (Å²) in [5.41, 5.74) is 2.29. The SMILES string of the molecule is C=C(C)C(=O)OCCOC(=O)CC(=O)Oc1ccc(-c2ccccc2)cc1. The number of benzene rings is 2. The molecular weight excluding hydrogens is 348 g/mol. The number of ether oxygens (including phenoxy) is 3. The quantitative estimate of drug-likeness (QED) is 0.234. The Hall–Kier alpha value is -3.41. The summed E-state index contributed by atoms with van der Waals surface area (Å²) in [7, 11) is 0. The van der Waals surface area contributed by atoms with Gasteiger partial charge in [0.2, 0.25) is 0 Å². The van der Waals surface area contributed by atoms with Crippen molar-refractivity contribution in [1.29, 1.82) is 0 Å². The first-order valence-corrected chi connectivity index (χ1v) is 8.30. The number of carbonyl (C=O) groups is 3. The zero-order valence-electron chi connectivity index (χ0n) is 15.0. The number of esters is 3. The summed E-state index contributed by atoms with van der Waals surface area (Å²) < 4.78 is 14.7. The van der Waals surface area contributed by atoms with Crippen LogP contribution in [0, 0.1) is 0 Å². The van der Waals surface area contributed by atoms with Gasteiger partial charge in [-0.25, -0.2) is 4.79 Å². The highest BCUT2D eigenvalue weighted by Gasteiger charge is 2.13. The third kappa shape index (κ3) is 6.78. The summed E-state index contributed by atoms with van der Waals surface area (Å²) in [6.45, 7) is 4.69. The van der Waals surface area contributed by atoms with E-state index in [1.165, 1.54) is 6.92 Å². The number of hydrogen-bond donors (Lipinski definition) is 0. The van der Waals surface area contributed by atoms with Crippen LogP contribution in [-0.4, -0.2) is 31.1 Å². The van der Waals surface area contributed by atoms with Crippen LogP contribution in [0.5, 0.6) is 5.75 Å². The van der Waals surface area contributed by atoms with Gasteiger partial charge in [-0.2, -0.15) is 0 Å². The van der Waals surface area contributed by atoms with Gasteiger partial charge < -0.3 is 14.2 Å². The molecule has 140 valence electrons. The van der Waals surface area contributed by atoms with Gasteiger partial charge in [0.05, 0.1) is 0 Å². The second-order valence-electron chi connectivity index (χ2n) is 5.68. The molecule has 0 N–H and O–H groups in total. The molecule has 2 aromatic carbocycles. The van der Waals surface area contributed by atoms with Gasteiger partial charge in [0.25, 0.3) is 0 Å². The maximum atomic E-state index is 11.8. The lowest BCUT2D eigenvalue weighted by Crippen LogP contribution is -2.19. The molecule has 0 bridgehead atoms. The average molecular weight is 368 g/mol. The lowest BCUT2D eigenvalue weighted by atomic mass is 10.1. The van der Waals surface area contributed by atoms with Gasteiger partial charge in [-0.15, -0.1) is 0 Å². The minimum Gasteiger partial charge on any atom is -0.462 e. The minimum absolute atomic E-state index is 0.104. The van der Waals surface area contributed by atoms with Crippen LogP contribution in [0.2, 0.25) is 0 Å². The van der Waals surface area contributed by atoms with Gasteiger partial charge in [-0.1, -0.05) is 49.0 Å². The Kier molecular flexibility index (Phi) is 7.31. The molecule has 0 aliphatic carbocycles. The molecule has 0 aromatic heterocycles. The number of hydrogen-bond acceptors (Lipinski definition) is 6. The largest absolute Gasteiger partial charge is 0.462 e. The van der Waals surface area contributed by atoms with Gasteiger partial charge in [0, 0.05) is 5.57 Å². The highest BCUT2D eigenvalue weighted by atomic mass is 16.6. The summed E-state index contributed by atoms with van der Waals surface area (Å²) in [5, 5.41) is 0. The molecule has 0 aliphatic rings. The van der Waals surface area contributed by atoms with E-state index in [0.717, 1.165) is 11.1 Å². The Morgan fingerprint density at radius 2 is 1.41 bits per heavy atom. The Morgan fingerprint density at radius 3 is 2.04 bits per heavy atom. The van der Waals surface area contributed by atoms with Crippen molar-refractivity contribution in [3.05, 3.63) is 66.7 Å². The molecule has 0 atom stereocenters. The van der Waals surface area contributed by atoms with Crippen molar-refractivity contribution in [2.45, 2.75) is 13.3 Å². The van der Waals surface area contributed by atoms with Crippen molar-refractivity contribution in [2.24, 2.45) is 0 Å². The Balaban J connectivity index is 1.74. The van der Waals surface area contributed by atoms with E-state index in [-0.39, 0.29) is 18.8 Å². The van der Waals surface area contributed by atoms with E-state index in [2.05, 4.69) is 6.58 Å². The Labute approximate surface area is 157 Å². The van der Waals surface area contributed by atoms with Crippen molar-refractivity contribution in [2.75, 3.05) is 13.2 Å². The zero-order valence-corrected chi connectivity index (χ0v) is 15.0. The highest BCUT2D eigenvalue weighted by Crippen LogP contribution is 2.22.